The normalized spacial score (nSPS) is 13.7. The summed E-state index contributed by atoms with van der Waals surface area (Å²) in [6.07, 6.45) is 2.24. The maximum absolute atomic E-state index is 5.41. The Hall–Kier alpha value is 0.210. The third-order valence-electron chi connectivity index (χ3n) is 0.919. The topological polar surface area (TPSA) is 35.2 Å². The van der Waals surface area contributed by atoms with E-state index in [2.05, 4.69) is 6.92 Å². The fourth-order valence-corrected chi connectivity index (χ4v) is 0.531. The van der Waals surface area contributed by atoms with Gasteiger partial charge in [0, 0.05) is 6.61 Å². The van der Waals surface area contributed by atoms with E-state index in [1.54, 1.807) is 0 Å². The minimum absolute atomic E-state index is 0.346. The van der Waals surface area contributed by atoms with E-state index in [0.717, 1.165) is 19.4 Å². The van der Waals surface area contributed by atoms with E-state index in [9.17, 15) is 0 Å². The Labute approximate surface area is 61.3 Å². The van der Waals surface area contributed by atoms with Crippen LogP contribution in [0.4, 0.5) is 0 Å². The second-order valence-electron chi connectivity index (χ2n) is 1.94. The van der Waals surface area contributed by atoms with E-state index < -0.39 is 0 Å². The molecule has 0 aromatic carbocycles. The number of alkyl halides is 1. The number of ether oxygens (including phenoxy) is 1. The molecule has 1 unspecified atom stereocenters. The number of halogens is 1. The summed E-state index contributed by atoms with van der Waals surface area (Å²) in [5.41, 5.74) is 4.87. The zero-order valence-electron chi connectivity index (χ0n) is 5.77. The second kappa shape index (κ2) is 6.33. The van der Waals surface area contributed by atoms with E-state index >= 15 is 0 Å². The molecule has 0 fully saturated rings. The van der Waals surface area contributed by atoms with E-state index in [-0.39, 0.29) is 5.50 Å². The SMILES string of the molecule is CCCCOCC(N)Cl. The van der Waals surface area contributed by atoms with Gasteiger partial charge in [-0.1, -0.05) is 13.3 Å². The molecule has 56 valence electrons. The zero-order valence-corrected chi connectivity index (χ0v) is 6.53. The number of unbranched alkanes of at least 4 members (excludes halogenated alkanes) is 1. The molecule has 0 spiro atoms. The molecule has 0 saturated carbocycles. The van der Waals surface area contributed by atoms with Crippen molar-refractivity contribution < 1.29 is 4.74 Å². The smallest absolute Gasteiger partial charge is 0.104 e. The van der Waals surface area contributed by atoms with Crippen LogP contribution < -0.4 is 5.73 Å². The van der Waals surface area contributed by atoms with Crippen molar-refractivity contribution in [1.29, 1.82) is 0 Å². The van der Waals surface area contributed by atoms with Gasteiger partial charge in [-0.2, -0.15) is 0 Å². The Morgan fingerprint density at radius 2 is 2.33 bits per heavy atom. The second-order valence-corrected chi connectivity index (χ2v) is 2.51. The highest BCUT2D eigenvalue weighted by Crippen LogP contribution is 1.90. The van der Waals surface area contributed by atoms with E-state index in [1.807, 2.05) is 0 Å². The molecule has 0 aromatic rings. The van der Waals surface area contributed by atoms with Gasteiger partial charge in [-0.05, 0) is 6.42 Å². The largest absolute Gasteiger partial charge is 0.379 e. The van der Waals surface area contributed by atoms with Crippen molar-refractivity contribution in [2.24, 2.45) is 5.73 Å². The lowest BCUT2D eigenvalue weighted by Gasteiger charge is -2.03. The van der Waals surface area contributed by atoms with Crippen molar-refractivity contribution in [3.05, 3.63) is 0 Å². The molecule has 0 rings (SSSR count). The Bertz CT molecular complexity index is 59.0. The molecule has 2 N–H and O–H groups in total. The highest BCUT2D eigenvalue weighted by atomic mass is 35.5. The first-order chi connectivity index (χ1) is 4.27. The first-order valence-electron chi connectivity index (χ1n) is 3.24. The van der Waals surface area contributed by atoms with Crippen LogP contribution in [0.2, 0.25) is 0 Å². The molecule has 1 atom stereocenters. The summed E-state index contributed by atoms with van der Waals surface area (Å²) in [6.45, 7) is 3.35. The molecule has 0 aliphatic carbocycles. The molecule has 0 radical (unpaired) electrons. The van der Waals surface area contributed by atoms with Crippen molar-refractivity contribution in [2.75, 3.05) is 13.2 Å². The Balaban J connectivity index is 2.75. The van der Waals surface area contributed by atoms with E-state index in [4.69, 9.17) is 22.1 Å². The van der Waals surface area contributed by atoms with Gasteiger partial charge >= 0.3 is 0 Å². The molecular weight excluding hydrogens is 138 g/mol. The summed E-state index contributed by atoms with van der Waals surface area (Å²) in [7, 11) is 0. The fraction of sp³-hybridized carbons (Fsp3) is 1.00. The van der Waals surface area contributed by atoms with Crippen LogP contribution >= 0.6 is 11.6 Å². The van der Waals surface area contributed by atoms with Crippen molar-refractivity contribution in [3.8, 4) is 0 Å². The molecule has 9 heavy (non-hydrogen) atoms. The van der Waals surface area contributed by atoms with Gasteiger partial charge in [-0.15, -0.1) is 11.6 Å². The van der Waals surface area contributed by atoms with Crippen molar-refractivity contribution in [3.63, 3.8) is 0 Å². The molecule has 2 nitrogen and oxygen atoms in total. The average Bonchev–Trinajstić information content (AvgIpc) is 1.80. The summed E-state index contributed by atoms with van der Waals surface area (Å²) >= 11 is 5.41. The first kappa shape index (κ1) is 9.21. The molecule has 0 aromatic heterocycles. The number of nitrogens with two attached hydrogens (primary N) is 1. The third-order valence-corrected chi connectivity index (χ3v) is 1.05. The van der Waals surface area contributed by atoms with Crippen LogP contribution in [0, 0.1) is 0 Å². The molecular formula is C6H14ClNO. The van der Waals surface area contributed by atoms with Gasteiger partial charge in [-0.3, -0.25) is 0 Å². The first-order valence-corrected chi connectivity index (χ1v) is 3.68. The van der Waals surface area contributed by atoms with Gasteiger partial charge in [0.05, 0.1) is 6.61 Å². The molecule has 0 bridgehead atoms. The molecule has 3 heteroatoms. The minimum atomic E-state index is -0.346. The average molecular weight is 152 g/mol. The Kier molecular flexibility index (Phi) is 6.48. The maximum atomic E-state index is 5.41. The lowest BCUT2D eigenvalue weighted by Crippen LogP contribution is -2.19. The Morgan fingerprint density at radius 1 is 1.67 bits per heavy atom. The van der Waals surface area contributed by atoms with Crippen molar-refractivity contribution >= 4 is 11.6 Å². The van der Waals surface area contributed by atoms with Crippen LogP contribution in [-0.4, -0.2) is 18.7 Å². The summed E-state index contributed by atoms with van der Waals surface area (Å²) in [6, 6.07) is 0. The van der Waals surface area contributed by atoms with Gasteiger partial charge in [0.2, 0.25) is 0 Å². The lowest BCUT2D eigenvalue weighted by atomic mass is 10.4. The summed E-state index contributed by atoms with van der Waals surface area (Å²) in [5, 5.41) is 0. The van der Waals surface area contributed by atoms with Crippen LogP contribution in [-0.2, 0) is 4.74 Å². The molecule has 0 aliphatic rings. The highest BCUT2D eigenvalue weighted by molar-refractivity contribution is 6.20. The zero-order chi connectivity index (χ0) is 7.11. The molecule has 0 saturated heterocycles. The highest BCUT2D eigenvalue weighted by Gasteiger charge is 1.93. The van der Waals surface area contributed by atoms with Crippen LogP contribution in [0.15, 0.2) is 0 Å². The maximum Gasteiger partial charge on any atom is 0.104 e. The van der Waals surface area contributed by atoms with Gasteiger partial charge in [0.25, 0.3) is 0 Å². The monoisotopic (exact) mass is 151 g/mol. The number of rotatable bonds is 5. The predicted molar refractivity (Wildman–Crippen MR) is 39.6 cm³/mol. The van der Waals surface area contributed by atoms with Gasteiger partial charge in [0.15, 0.2) is 0 Å². The minimum Gasteiger partial charge on any atom is -0.379 e. The van der Waals surface area contributed by atoms with Gasteiger partial charge in [0.1, 0.15) is 5.50 Å². The van der Waals surface area contributed by atoms with Crippen LogP contribution in [0.3, 0.4) is 0 Å². The summed E-state index contributed by atoms with van der Waals surface area (Å²) in [4.78, 5) is 0. The fourth-order valence-electron chi connectivity index (χ4n) is 0.442. The van der Waals surface area contributed by atoms with E-state index in [1.165, 1.54) is 0 Å². The quantitative estimate of drug-likeness (QED) is 0.366. The van der Waals surface area contributed by atoms with Crippen molar-refractivity contribution in [2.45, 2.75) is 25.3 Å². The molecule has 0 aliphatic heterocycles. The lowest BCUT2D eigenvalue weighted by molar-refractivity contribution is 0.132. The van der Waals surface area contributed by atoms with E-state index in [0.29, 0.717) is 6.61 Å². The third kappa shape index (κ3) is 8.21. The van der Waals surface area contributed by atoms with Crippen molar-refractivity contribution in [1.82, 2.24) is 0 Å². The van der Waals surface area contributed by atoms with Crippen LogP contribution in [0.1, 0.15) is 19.8 Å². The Morgan fingerprint density at radius 3 is 2.78 bits per heavy atom. The number of hydrogen-bond donors (Lipinski definition) is 1. The molecule has 0 heterocycles. The standard InChI is InChI=1S/C6H14ClNO/c1-2-3-4-9-5-6(7)8/h6H,2-5,8H2,1H3. The predicted octanol–water partition coefficient (Wildman–Crippen LogP) is 1.33. The summed E-state index contributed by atoms with van der Waals surface area (Å²) in [5.74, 6) is 0. The van der Waals surface area contributed by atoms with Crippen LogP contribution in [0.25, 0.3) is 0 Å². The van der Waals surface area contributed by atoms with Crippen LogP contribution in [0.5, 0.6) is 0 Å². The molecule has 0 amide bonds. The van der Waals surface area contributed by atoms with Gasteiger partial charge < -0.3 is 10.5 Å². The van der Waals surface area contributed by atoms with Gasteiger partial charge in [-0.25, -0.2) is 0 Å². The summed E-state index contributed by atoms with van der Waals surface area (Å²) < 4.78 is 5.08. The number of hydrogen-bond acceptors (Lipinski definition) is 2.